The van der Waals surface area contributed by atoms with Crippen molar-refractivity contribution in [3.8, 4) is 33.7 Å². The Balaban J connectivity index is 1.22. The molecule has 0 spiro atoms. The highest BCUT2D eigenvalue weighted by atomic mass is 16.3. The van der Waals surface area contributed by atoms with Gasteiger partial charge in [-0.15, -0.1) is 0 Å². The highest BCUT2D eigenvalue weighted by molar-refractivity contribution is 6.14. The second-order valence-electron chi connectivity index (χ2n) is 14.1. The Morgan fingerprint density at radius 3 is 2.00 bits per heavy atom. The van der Waals surface area contributed by atoms with Gasteiger partial charge in [-0.25, -0.2) is 4.98 Å². The van der Waals surface area contributed by atoms with E-state index in [1.54, 1.807) is 0 Å². The summed E-state index contributed by atoms with van der Waals surface area (Å²) >= 11 is 0. The number of fused-ring (bicyclic) bond motifs is 4. The van der Waals surface area contributed by atoms with Gasteiger partial charge >= 0.3 is 0 Å². The average Bonchev–Trinajstić information content (AvgIpc) is 3.54. The first-order valence-corrected chi connectivity index (χ1v) is 16.9. The Morgan fingerprint density at radius 1 is 0.592 bits per heavy atom. The number of benzene rings is 7. The molecule has 0 unspecified atom stereocenters. The fourth-order valence-corrected chi connectivity index (χ4v) is 6.88. The minimum atomic E-state index is -0.0697. The van der Waals surface area contributed by atoms with Crippen LogP contribution in [-0.4, -0.2) is 11.2 Å². The van der Waals surface area contributed by atoms with E-state index < -0.39 is 0 Å². The molecule has 0 aliphatic heterocycles. The van der Waals surface area contributed by atoms with Crippen LogP contribution in [0.25, 0.3) is 66.4 Å². The minimum Gasteiger partial charge on any atom is -0.436 e. The summed E-state index contributed by atoms with van der Waals surface area (Å²) in [6.07, 6.45) is 1.97. The summed E-state index contributed by atoms with van der Waals surface area (Å²) in [6.45, 7) is 11.0. The molecule has 0 fully saturated rings. The molecule has 0 bridgehead atoms. The first-order chi connectivity index (χ1) is 23.7. The molecule has 1 aromatic heterocycles. The predicted octanol–water partition coefficient (Wildman–Crippen LogP) is 12.8. The summed E-state index contributed by atoms with van der Waals surface area (Å²) in [5.41, 5.74) is 12.6. The number of hydrogen-bond donors (Lipinski definition) is 0. The molecule has 8 aromatic rings. The van der Waals surface area contributed by atoms with E-state index >= 15 is 0 Å². The van der Waals surface area contributed by atoms with Gasteiger partial charge in [0.05, 0.1) is 11.3 Å². The van der Waals surface area contributed by atoms with E-state index in [0.717, 1.165) is 39.0 Å². The Labute approximate surface area is 287 Å². The van der Waals surface area contributed by atoms with Crippen LogP contribution < -0.4 is 0 Å². The smallest absolute Gasteiger partial charge is 0.229 e. The lowest BCUT2D eigenvalue weighted by Crippen LogP contribution is -2.11. The van der Waals surface area contributed by atoms with Crippen molar-refractivity contribution in [2.75, 3.05) is 0 Å². The molecule has 0 radical (unpaired) electrons. The Bertz CT molecular complexity index is 2530. The van der Waals surface area contributed by atoms with Gasteiger partial charge in [-0.1, -0.05) is 135 Å². The lowest BCUT2D eigenvalue weighted by Gasteiger charge is -2.20. The molecular formula is C46H38N2O. The summed E-state index contributed by atoms with van der Waals surface area (Å²) in [7, 11) is 0. The van der Waals surface area contributed by atoms with E-state index in [1.807, 2.05) is 30.5 Å². The molecule has 1 heterocycles. The topological polar surface area (TPSA) is 38.4 Å². The van der Waals surface area contributed by atoms with Crippen molar-refractivity contribution in [1.82, 2.24) is 4.98 Å². The number of nitrogens with zero attached hydrogens (tertiary/aromatic N) is 2. The summed E-state index contributed by atoms with van der Waals surface area (Å²) in [6, 6.07) is 47.3. The standard InChI is InChI=1S/C46H38N2O/c1-29-22-30(2)24-34(23-29)31-18-20-32(21-19-31)41-26-36(46(3,4)5)27-43-44(41)48-45(49-43)40-16-10-11-17-42(40)47-28-35-25-33-12-6-7-13-37(33)39-15-9-8-14-38(35)39/h6-28H,1-5H3. The predicted molar refractivity (Wildman–Crippen MR) is 207 cm³/mol. The molecule has 49 heavy (non-hydrogen) atoms. The third kappa shape index (κ3) is 5.83. The van der Waals surface area contributed by atoms with E-state index in [4.69, 9.17) is 14.4 Å². The van der Waals surface area contributed by atoms with Gasteiger partial charge in [-0.3, -0.25) is 4.99 Å². The van der Waals surface area contributed by atoms with Gasteiger partial charge in [0.2, 0.25) is 5.89 Å². The average molecular weight is 635 g/mol. The van der Waals surface area contributed by atoms with Crippen LogP contribution in [-0.2, 0) is 5.41 Å². The Morgan fingerprint density at radius 2 is 1.24 bits per heavy atom. The molecular weight excluding hydrogens is 597 g/mol. The summed E-state index contributed by atoms with van der Waals surface area (Å²) < 4.78 is 6.61. The first-order valence-electron chi connectivity index (χ1n) is 16.9. The lowest BCUT2D eigenvalue weighted by atomic mass is 9.85. The highest BCUT2D eigenvalue weighted by Crippen LogP contribution is 2.39. The van der Waals surface area contributed by atoms with Crippen molar-refractivity contribution in [3.63, 3.8) is 0 Å². The molecule has 0 amide bonds. The normalized spacial score (nSPS) is 12.1. The van der Waals surface area contributed by atoms with Gasteiger partial charge in [-0.05, 0) is 93.4 Å². The number of aryl methyl sites for hydroxylation is 2. The van der Waals surface area contributed by atoms with Gasteiger partial charge in [0.15, 0.2) is 5.58 Å². The van der Waals surface area contributed by atoms with E-state index in [2.05, 4.69) is 144 Å². The van der Waals surface area contributed by atoms with Crippen LogP contribution >= 0.6 is 0 Å². The fourth-order valence-electron chi connectivity index (χ4n) is 6.88. The number of hydrogen-bond acceptors (Lipinski definition) is 3. The molecule has 8 rings (SSSR count). The number of aliphatic imine (C=N–C) groups is 1. The summed E-state index contributed by atoms with van der Waals surface area (Å²) in [5, 5.41) is 4.83. The molecule has 0 atom stereocenters. The Hall–Kier alpha value is -5.80. The number of rotatable bonds is 5. The first kappa shape index (κ1) is 30.5. The molecule has 0 aliphatic rings. The van der Waals surface area contributed by atoms with E-state index in [1.165, 1.54) is 49.4 Å². The van der Waals surface area contributed by atoms with Crippen LogP contribution in [0.4, 0.5) is 5.69 Å². The molecule has 7 aromatic carbocycles. The quantitative estimate of drug-likeness (QED) is 0.140. The van der Waals surface area contributed by atoms with Crippen LogP contribution in [0.3, 0.4) is 0 Å². The maximum atomic E-state index is 6.61. The van der Waals surface area contributed by atoms with Crippen molar-refractivity contribution in [2.24, 2.45) is 4.99 Å². The van der Waals surface area contributed by atoms with Crippen molar-refractivity contribution >= 4 is 44.5 Å². The summed E-state index contributed by atoms with van der Waals surface area (Å²) in [4.78, 5) is 10.2. The molecule has 0 N–H and O–H groups in total. The maximum absolute atomic E-state index is 6.61. The molecule has 3 nitrogen and oxygen atoms in total. The van der Waals surface area contributed by atoms with E-state index in [0.29, 0.717) is 5.89 Å². The number of oxazole rings is 1. The summed E-state index contributed by atoms with van der Waals surface area (Å²) in [5.74, 6) is 0.560. The molecule has 0 saturated carbocycles. The lowest BCUT2D eigenvalue weighted by molar-refractivity contribution is 0.584. The second kappa shape index (κ2) is 12.0. The van der Waals surface area contributed by atoms with Gasteiger partial charge < -0.3 is 4.42 Å². The van der Waals surface area contributed by atoms with Crippen LogP contribution in [0.1, 0.15) is 43.0 Å². The molecule has 3 heteroatoms. The highest BCUT2D eigenvalue weighted by Gasteiger charge is 2.21. The van der Waals surface area contributed by atoms with Crippen LogP contribution in [0.5, 0.6) is 0 Å². The molecule has 0 saturated heterocycles. The third-order valence-corrected chi connectivity index (χ3v) is 9.39. The van der Waals surface area contributed by atoms with Gasteiger partial charge in [-0.2, -0.15) is 0 Å². The third-order valence-electron chi connectivity index (χ3n) is 9.39. The van der Waals surface area contributed by atoms with Gasteiger partial charge in [0.1, 0.15) is 5.52 Å². The zero-order valence-corrected chi connectivity index (χ0v) is 28.6. The van der Waals surface area contributed by atoms with Crippen LogP contribution in [0.2, 0.25) is 0 Å². The Kier molecular flexibility index (Phi) is 7.49. The van der Waals surface area contributed by atoms with Crippen molar-refractivity contribution in [3.05, 3.63) is 156 Å². The van der Waals surface area contributed by atoms with Crippen LogP contribution in [0.15, 0.2) is 143 Å². The molecule has 238 valence electrons. The SMILES string of the molecule is Cc1cc(C)cc(-c2ccc(-c3cc(C(C)(C)C)cc4oc(-c5ccccc5N=Cc5cc6ccccc6c6ccccc56)nc34)cc2)c1. The van der Waals surface area contributed by atoms with Crippen molar-refractivity contribution in [2.45, 2.75) is 40.0 Å². The van der Waals surface area contributed by atoms with Gasteiger partial charge in [0.25, 0.3) is 0 Å². The van der Waals surface area contributed by atoms with Gasteiger partial charge in [0, 0.05) is 17.3 Å². The largest absolute Gasteiger partial charge is 0.436 e. The molecule has 0 aliphatic carbocycles. The maximum Gasteiger partial charge on any atom is 0.229 e. The number of aromatic nitrogens is 1. The van der Waals surface area contributed by atoms with E-state index in [9.17, 15) is 0 Å². The minimum absolute atomic E-state index is 0.0697. The van der Waals surface area contributed by atoms with Crippen LogP contribution in [0, 0.1) is 13.8 Å². The zero-order valence-electron chi connectivity index (χ0n) is 28.6. The van der Waals surface area contributed by atoms with E-state index in [-0.39, 0.29) is 5.41 Å². The van der Waals surface area contributed by atoms with Crippen molar-refractivity contribution in [1.29, 1.82) is 0 Å². The van der Waals surface area contributed by atoms with Crippen molar-refractivity contribution < 1.29 is 4.42 Å². The second-order valence-corrected chi connectivity index (χ2v) is 14.1. The monoisotopic (exact) mass is 634 g/mol. The number of para-hydroxylation sites is 1. The zero-order chi connectivity index (χ0) is 33.7. The fraction of sp³-hybridized carbons (Fsp3) is 0.130.